The zero-order chi connectivity index (χ0) is 12.8. The van der Waals surface area contributed by atoms with E-state index in [4.69, 9.17) is 0 Å². The average Bonchev–Trinajstić information content (AvgIpc) is 2.35. The van der Waals surface area contributed by atoms with Crippen molar-refractivity contribution in [1.82, 2.24) is 9.88 Å². The number of carbonyl (C=O) groups is 1. The minimum atomic E-state index is -0.236. The van der Waals surface area contributed by atoms with Crippen molar-refractivity contribution >= 4 is 17.7 Å². The Morgan fingerprint density at radius 3 is 2.82 bits per heavy atom. The van der Waals surface area contributed by atoms with Crippen LogP contribution in [0, 0.1) is 0 Å². The van der Waals surface area contributed by atoms with Crippen LogP contribution in [-0.4, -0.2) is 40.9 Å². The van der Waals surface area contributed by atoms with Crippen LogP contribution in [0.1, 0.15) is 23.7 Å². The van der Waals surface area contributed by atoms with Crippen molar-refractivity contribution in [2.45, 2.75) is 19.4 Å². The molecule has 94 valence electrons. The van der Waals surface area contributed by atoms with Crippen LogP contribution in [0.4, 0.5) is 0 Å². The Bertz CT molecular complexity index is 431. The summed E-state index contributed by atoms with van der Waals surface area (Å²) in [6.45, 7) is 2.04. The number of aromatic nitrogens is 1. The van der Waals surface area contributed by atoms with Gasteiger partial charge in [0.2, 0.25) is 0 Å². The molecule has 0 aliphatic carbocycles. The summed E-state index contributed by atoms with van der Waals surface area (Å²) in [4.78, 5) is 28.1. The summed E-state index contributed by atoms with van der Waals surface area (Å²) in [6, 6.07) is 1.54. The van der Waals surface area contributed by atoms with E-state index < -0.39 is 0 Å². The number of nitrogens with one attached hydrogen (secondary N) is 1. The van der Waals surface area contributed by atoms with Crippen molar-refractivity contribution in [2.24, 2.45) is 0 Å². The summed E-state index contributed by atoms with van der Waals surface area (Å²) < 4.78 is 0. The van der Waals surface area contributed by atoms with E-state index in [-0.39, 0.29) is 22.9 Å². The van der Waals surface area contributed by atoms with Gasteiger partial charge in [-0.15, -0.1) is 0 Å². The number of rotatable bonds is 5. The van der Waals surface area contributed by atoms with Gasteiger partial charge < -0.3 is 9.88 Å². The van der Waals surface area contributed by atoms with Gasteiger partial charge in [-0.1, -0.05) is 6.92 Å². The lowest BCUT2D eigenvalue weighted by Gasteiger charge is -2.26. The maximum absolute atomic E-state index is 12.1. The first-order chi connectivity index (χ1) is 8.11. The number of thioether (sulfide) groups is 1. The van der Waals surface area contributed by atoms with Crippen molar-refractivity contribution in [3.63, 3.8) is 0 Å². The fraction of sp³-hybridized carbons (Fsp3) is 0.500. The van der Waals surface area contributed by atoms with Gasteiger partial charge in [0.25, 0.3) is 5.91 Å². The van der Waals surface area contributed by atoms with Gasteiger partial charge in [0.15, 0.2) is 5.43 Å². The van der Waals surface area contributed by atoms with Gasteiger partial charge >= 0.3 is 0 Å². The molecule has 4 nitrogen and oxygen atoms in total. The van der Waals surface area contributed by atoms with E-state index in [1.165, 1.54) is 18.5 Å². The number of amides is 1. The summed E-state index contributed by atoms with van der Waals surface area (Å²) in [7, 11) is 1.75. The van der Waals surface area contributed by atoms with E-state index in [0.717, 1.165) is 12.2 Å². The van der Waals surface area contributed by atoms with Crippen LogP contribution in [0.25, 0.3) is 0 Å². The van der Waals surface area contributed by atoms with E-state index in [1.54, 1.807) is 23.7 Å². The molecule has 0 aliphatic rings. The second-order valence-electron chi connectivity index (χ2n) is 3.86. The third-order valence-corrected chi connectivity index (χ3v) is 3.47. The van der Waals surface area contributed by atoms with E-state index in [0.29, 0.717) is 0 Å². The van der Waals surface area contributed by atoms with Crippen molar-refractivity contribution in [3.8, 4) is 0 Å². The molecule has 0 spiro atoms. The van der Waals surface area contributed by atoms with Crippen LogP contribution in [0.2, 0.25) is 0 Å². The fourth-order valence-corrected chi connectivity index (χ4v) is 2.48. The minimum absolute atomic E-state index is 0.164. The maximum Gasteiger partial charge on any atom is 0.259 e. The highest BCUT2D eigenvalue weighted by molar-refractivity contribution is 7.98. The van der Waals surface area contributed by atoms with Crippen LogP contribution in [0.5, 0.6) is 0 Å². The molecular weight excluding hydrogens is 236 g/mol. The molecule has 0 saturated heterocycles. The van der Waals surface area contributed by atoms with Crippen LogP contribution >= 0.6 is 11.8 Å². The van der Waals surface area contributed by atoms with E-state index >= 15 is 0 Å². The van der Waals surface area contributed by atoms with E-state index in [2.05, 4.69) is 4.98 Å². The normalized spacial score (nSPS) is 12.2. The van der Waals surface area contributed by atoms with Gasteiger partial charge in [0.05, 0.1) is 0 Å². The highest BCUT2D eigenvalue weighted by atomic mass is 32.2. The topological polar surface area (TPSA) is 53.2 Å². The van der Waals surface area contributed by atoms with Gasteiger partial charge in [0.1, 0.15) is 5.56 Å². The molecule has 1 aromatic heterocycles. The lowest BCUT2D eigenvalue weighted by Crippen LogP contribution is -2.40. The lowest BCUT2D eigenvalue weighted by molar-refractivity contribution is 0.0742. The Balaban J connectivity index is 2.89. The molecule has 1 unspecified atom stereocenters. The Labute approximate surface area is 105 Å². The third kappa shape index (κ3) is 3.36. The molecule has 0 aliphatic heterocycles. The van der Waals surface area contributed by atoms with Gasteiger partial charge in [0, 0.05) is 37.3 Å². The molecule has 0 bridgehead atoms. The summed E-state index contributed by atoms with van der Waals surface area (Å²) in [5, 5.41) is 0. The zero-order valence-corrected chi connectivity index (χ0v) is 11.2. The largest absolute Gasteiger partial charge is 0.367 e. The molecule has 17 heavy (non-hydrogen) atoms. The van der Waals surface area contributed by atoms with Gasteiger partial charge in [-0.05, 0) is 12.7 Å². The molecular formula is C12H18N2O2S. The van der Waals surface area contributed by atoms with Crippen LogP contribution in [0.3, 0.4) is 0 Å². The second kappa shape index (κ2) is 6.49. The van der Waals surface area contributed by atoms with Crippen LogP contribution in [0.15, 0.2) is 23.3 Å². The first kappa shape index (κ1) is 13.8. The molecule has 1 amide bonds. The highest BCUT2D eigenvalue weighted by Gasteiger charge is 2.20. The van der Waals surface area contributed by atoms with Crippen molar-refractivity contribution < 1.29 is 4.79 Å². The number of pyridine rings is 1. The van der Waals surface area contributed by atoms with Crippen LogP contribution < -0.4 is 5.43 Å². The molecule has 5 heteroatoms. The average molecular weight is 254 g/mol. The molecule has 1 rings (SSSR count). The molecule has 0 aromatic carbocycles. The van der Waals surface area contributed by atoms with Crippen molar-refractivity contribution in [3.05, 3.63) is 34.2 Å². The fourth-order valence-electron chi connectivity index (χ4n) is 1.64. The predicted molar refractivity (Wildman–Crippen MR) is 71.6 cm³/mol. The lowest BCUT2D eigenvalue weighted by atomic mass is 10.2. The van der Waals surface area contributed by atoms with Crippen molar-refractivity contribution in [1.29, 1.82) is 0 Å². The summed E-state index contributed by atoms with van der Waals surface area (Å²) in [5.41, 5.74) is -0.0332. The molecule has 1 aromatic rings. The second-order valence-corrected chi connectivity index (χ2v) is 4.77. The summed E-state index contributed by atoms with van der Waals surface area (Å²) >= 11 is 1.70. The molecule has 0 radical (unpaired) electrons. The monoisotopic (exact) mass is 254 g/mol. The van der Waals surface area contributed by atoms with Gasteiger partial charge in [-0.3, -0.25) is 9.59 Å². The standard InChI is InChI=1S/C12H18N2O2S/c1-4-9(8-17-3)14(2)12(16)10-7-13-6-5-11(10)15/h5-7,9H,4,8H2,1-3H3,(H,13,15). The molecule has 1 heterocycles. The van der Waals surface area contributed by atoms with Crippen molar-refractivity contribution in [2.75, 3.05) is 19.1 Å². The third-order valence-electron chi connectivity index (χ3n) is 2.75. The SMILES string of the molecule is CCC(CSC)N(C)C(=O)c1c[nH]ccc1=O. The first-order valence-corrected chi connectivity index (χ1v) is 6.94. The predicted octanol–water partition coefficient (Wildman–Crippen LogP) is 1.59. The molecule has 1 atom stereocenters. The Hall–Kier alpha value is -1.23. The quantitative estimate of drug-likeness (QED) is 0.868. The van der Waals surface area contributed by atoms with Gasteiger partial charge in [-0.2, -0.15) is 11.8 Å². The number of aromatic amines is 1. The molecule has 1 N–H and O–H groups in total. The Morgan fingerprint density at radius 2 is 2.29 bits per heavy atom. The maximum atomic E-state index is 12.1. The number of nitrogens with zero attached hydrogens (tertiary/aromatic N) is 1. The van der Waals surface area contributed by atoms with Gasteiger partial charge in [-0.25, -0.2) is 0 Å². The van der Waals surface area contributed by atoms with Crippen LogP contribution in [-0.2, 0) is 0 Å². The summed E-state index contributed by atoms with van der Waals surface area (Å²) in [5.74, 6) is 0.663. The smallest absolute Gasteiger partial charge is 0.259 e. The molecule has 0 fully saturated rings. The number of H-pyrrole nitrogens is 1. The number of hydrogen-bond donors (Lipinski definition) is 1. The number of carbonyl (C=O) groups excluding carboxylic acids is 1. The summed E-state index contributed by atoms with van der Waals surface area (Å²) in [6.07, 6.45) is 5.88. The Morgan fingerprint density at radius 1 is 1.59 bits per heavy atom. The minimum Gasteiger partial charge on any atom is -0.367 e. The highest BCUT2D eigenvalue weighted by Crippen LogP contribution is 2.10. The zero-order valence-electron chi connectivity index (χ0n) is 10.4. The van der Waals surface area contributed by atoms with E-state index in [9.17, 15) is 9.59 Å². The van der Waals surface area contributed by atoms with E-state index in [1.807, 2.05) is 13.2 Å². The first-order valence-electron chi connectivity index (χ1n) is 5.55. The Kier molecular flexibility index (Phi) is 5.28. The number of hydrogen-bond acceptors (Lipinski definition) is 3. The molecule has 0 saturated carbocycles.